The number of Topliss-reactive ketones (excluding diaryl/α,β-unsaturated/α-hetero) is 1. The average Bonchev–Trinajstić information content (AvgIpc) is 2.89. The van der Waals surface area contributed by atoms with Crippen LogP contribution in [0.3, 0.4) is 0 Å². The number of nitrogens with zero attached hydrogens (tertiary/aromatic N) is 1. The van der Waals surface area contributed by atoms with Crippen molar-refractivity contribution >= 4 is 29.3 Å². The van der Waals surface area contributed by atoms with Gasteiger partial charge in [0, 0.05) is 6.04 Å². The van der Waals surface area contributed by atoms with Gasteiger partial charge in [0.2, 0.25) is 0 Å². The predicted molar refractivity (Wildman–Crippen MR) is 98.2 cm³/mol. The van der Waals surface area contributed by atoms with E-state index < -0.39 is 30.8 Å². The summed E-state index contributed by atoms with van der Waals surface area (Å²) in [4.78, 5) is 49.2. The van der Waals surface area contributed by atoms with Crippen LogP contribution in [0.15, 0.2) is 24.3 Å². The Morgan fingerprint density at radius 1 is 1.19 bits per heavy atom. The van der Waals surface area contributed by atoms with Gasteiger partial charge in [-0.15, -0.1) is 0 Å². The number of ether oxygens (including phenoxy) is 1. The Labute approximate surface area is 158 Å². The zero-order chi connectivity index (χ0) is 19.6. The molecule has 1 aromatic carbocycles. The maximum atomic E-state index is 12.1. The van der Waals surface area contributed by atoms with Crippen molar-refractivity contribution in [1.29, 1.82) is 0 Å². The van der Waals surface area contributed by atoms with Gasteiger partial charge >= 0.3 is 5.97 Å². The van der Waals surface area contributed by atoms with Gasteiger partial charge in [0.05, 0.1) is 11.3 Å². The molecule has 3 rings (SSSR count). The summed E-state index contributed by atoms with van der Waals surface area (Å²) in [5, 5.41) is 2.93. The van der Waals surface area contributed by atoms with Crippen LogP contribution in [0.4, 0.5) is 5.69 Å². The number of hydrogen-bond acceptors (Lipinski definition) is 5. The first-order valence-corrected chi connectivity index (χ1v) is 9.28. The number of anilines is 1. The molecule has 3 atom stereocenters. The van der Waals surface area contributed by atoms with Crippen molar-refractivity contribution in [3.63, 3.8) is 0 Å². The Hall–Kier alpha value is -2.70. The molecular formula is C20H24N2O5. The Balaban J connectivity index is 1.51. The second-order valence-electron chi connectivity index (χ2n) is 7.34. The summed E-state index contributed by atoms with van der Waals surface area (Å²) in [5.41, 5.74) is 0.660. The largest absolute Gasteiger partial charge is 0.454 e. The number of carbonyl (C=O) groups is 4. The Kier molecular flexibility index (Phi) is 5.58. The second kappa shape index (κ2) is 7.90. The first-order chi connectivity index (χ1) is 12.9. The summed E-state index contributed by atoms with van der Waals surface area (Å²) in [6.07, 6.45) is 3.15. The molecule has 1 saturated carbocycles. The summed E-state index contributed by atoms with van der Waals surface area (Å²) in [6, 6.07) is 6.57. The van der Waals surface area contributed by atoms with Crippen molar-refractivity contribution in [3.8, 4) is 0 Å². The lowest BCUT2D eigenvalue weighted by Gasteiger charge is -2.34. The molecule has 0 spiro atoms. The highest BCUT2D eigenvalue weighted by molar-refractivity contribution is 6.52. The van der Waals surface area contributed by atoms with Crippen molar-refractivity contribution in [2.24, 2.45) is 11.8 Å². The van der Waals surface area contributed by atoms with Gasteiger partial charge in [0.1, 0.15) is 6.54 Å². The highest BCUT2D eigenvalue weighted by atomic mass is 16.5. The molecule has 2 amide bonds. The maximum absolute atomic E-state index is 12.1. The molecule has 1 aliphatic heterocycles. The van der Waals surface area contributed by atoms with Gasteiger partial charge in [-0.25, -0.2) is 0 Å². The highest BCUT2D eigenvalue weighted by Gasteiger charge is 2.37. The highest BCUT2D eigenvalue weighted by Crippen LogP contribution is 2.29. The van der Waals surface area contributed by atoms with Gasteiger partial charge in [0.15, 0.2) is 6.61 Å². The molecule has 0 saturated heterocycles. The Morgan fingerprint density at radius 3 is 2.70 bits per heavy atom. The molecule has 1 N–H and O–H groups in total. The number of nitrogens with one attached hydrogen (secondary N) is 1. The standard InChI is InChI=1S/C20H24N2O5/c1-12-6-5-8-15(13(12)2)21-17(23)11-27-18(24)10-22-16-9-4-3-7-14(16)19(25)20(22)26/h3-4,7,9,12-13,15H,5-6,8,10-11H2,1-2H3,(H,21,23)/t12-,13-,15+/m1/s1. The Morgan fingerprint density at radius 2 is 1.93 bits per heavy atom. The van der Waals surface area contributed by atoms with Gasteiger partial charge in [0.25, 0.3) is 17.6 Å². The topological polar surface area (TPSA) is 92.8 Å². The van der Waals surface area contributed by atoms with Crippen LogP contribution in [0.2, 0.25) is 0 Å². The van der Waals surface area contributed by atoms with Crippen molar-refractivity contribution in [2.75, 3.05) is 18.1 Å². The molecule has 1 aliphatic carbocycles. The zero-order valence-electron chi connectivity index (χ0n) is 15.6. The van der Waals surface area contributed by atoms with Crippen LogP contribution >= 0.6 is 0 Å². The van der Waals surface area contributed by atoms with E-state index in [0.717, 1.165) is 24.2 Å². The summed E-state index contributed by atoms with van der Waals surface area (Å²) in [6.45, 7) is 3.50. The predicted octanol–water partition coefficient (Wildman–Crippen LogP) is 1.70. The van der Waals surface area contributed by atoms with Gasteiger partial charge in [-0.3, -0.25) is 24.1 Å². The number of amides is 2. The second-order valence-corrected chi connectivity index (χ2v) is 7.34. The number of hydrogen-bond donors (Lipinski definition) is 1. The van der Waals surface area contributed by atoms with Gasteiger partial charge < -0.3 is 10.1 Å². The smallest absolute Gasteiger partial charge is 0.326 e. The third-order valence-corrected chi connectivity index (χ3v) is 5.58. The van der Waals surface area contributed by atoms with Crippen molar-refractivity contribution in [3.05, 3.63) is 29.8 Å². The molecule has 0 aromatic heterocycles. The van der Waals surface area contributed by atoms with E-state index in [2.05, 4.69) is 19.2 Å². The molecule has 0 unspecified atom stereocenters. The third-order valence-electron chi connectivity index (χ3n) is 5.58. The van der Waals surface area contributed by atoms with Gasteiger partial charge in [-0.1, -0.05) is 38.8 Å². The molecule has 0 bridgehead atoms. The van der Waals surface area contributed by atoms with Crippen LogP contribution in [0.1, 0.15) is 43.5 Å². The number of benzene rings is 1. The zero-order valence-corrected chi connectivity index (χ0v) is 15.6. The fraction of sp³-hybridized carbons (Fsp3) is 0.500. The SMILES string of the molecule is C[C@@H]1[C@H](C)CCC[C@@H]1NC(=O)COC(=O)CN1C(=O)C(=O)c2ccccc21. The molecule has 7 heteroatoms. The Bertz CT molecular complexity index is 775. The van der Waals surface area contributed by atoms with Crippen LogP contribution in [0, 0.1) is 11.8 Å². The van der Waals surface area contributed by atoms with Gasteiger partial charge in [-0.05, 0) is 30.4 Å². The third kappa shape index (κ3) is 4.02. The quantitative estimate of drug-likeness (QED) is 0.627. The summed E-state index contributed by atoms with van der Waals surface area (Å²) in [7, 11) is 0. The number of para-hydroxylation sites is 1. The minimum Gasteiger partial charge on any atom is -0.454 e. The number of ketones is 1. The van der Waals surface area contributed by atoms with Gasteiger partial charge in [-0.2, -0.15) is 0 Å². The molecule has 1 aromatic rings. The van der Waals surface area contributed by atoms with Crippen LogP contribution in [-0.2, 0) is 19.1 Å². The summed E-state index contributed by atoms with van der Waals surface area (Å²) < 4.78 is 5.01. The van der Waals surface area contributed by atoms with Crippen molar-refractivity contribution in [2.45, 2.75) is 39.2 Å². The lowest BCUT2D eigenvalue weighted by molar-refractivity contribution is -0.147. The normalized spacial score (nSPS) is 24.5. The first kappa shape index (κ1) is 19.1. The van der Waals surface area contributed by atoms with E-state index in [4.69, 9.17) is 4.74 Å². The van der Waals surface area contributed by atoms with E-state index in [0.29, 0.717) is 17.5 Å². The van der Waals surface area contributed by atoms with E-state index in [1.54, 1.807) is 24.3 Å². The van der Waals surface area contributed by atoms with E-state index in [-0.39, 0.29) is 17.5 Å². The van der Waals surface area contributed by atoms with Crippen LogP contribution in [-0.4, -0.2) is 42.8 Å². The average molecular weight is 372 g/mol. The van der Waals surface area contributed by atoms with E-state index in [1.165, 1.54) is 0 Å². The van der Waals surface area contributed by atoms with Crippen LogP contribution in [0.25, 0.3) is 0 Å². The lowest BCUT2D eigenvalue weighted by Crippen LogP contribution is -2.45. The summed E-state index contributed by atoms with van der Waals surface area (Å²) >= 11 is 0. The van der Waals surface area contributed by atoms with Crippen molar-refractivity contribution < 1.29 is 23.9 Å². The molecule has 1 heterocycles. The molecule has 144 valence electrons. The molecule has 1 fully saturated rings. The fourth-order valence-electron chi connectivity index (χ4n) is 3.76. The fourth-order valence-corrected chi connectivity index (χ4v) is 3.76. The van der Waals surface area contributed by atoms with E-state index >= 15 is 0 Å². The lowest BCUT2D eigenvalue weighted by atomic mass is 9.78. The van der Waals surface area contributed by atoms with E-state index in [9.17, 15) is 19.2 Å². The molecule has 0 radical (unpaired) electrons. The molecule has 7 nitrogen and oxygen atoms in total. The van der Waals surface area contributed by atoms with Crippen LogP contribution in [0.5, 0.6) is 0 Å². The van der Waals surface area contributed by atoms with E-state index in [1.807, 2.05) is 0 Å². The minimum absolute atomic E-state index is 0.0876. The molecule has 2 aliphatic rings. The first-order valence-electron chi connectivity index (χ1n) is 9.28. The molecular weight excluding hydrogens is 348 g/mol. The van der Waals surface area contributed by atoms with Crippen LogP contribution < -0.4 is 10.2 Å². The molecule has 27 heavy (non-hydrogen) atoms. The monoisotopic (exact) mass is 372 g/mol. The minimum atomic E-state index is -0.761. The number of esters is 1. The maximum Gasteiger partial charge on any atom is 0.326 e. The van der Waals surface area contributed by atoms with Crippen molar-refractivity contribution in [1.82, 2.24) is 5.32 Å². The number of fused-ring (bicyclic) bond motifs is 1. The number of carbonyl (C=O) groups excluding carboxylic acids is 4. The number of rotatable bonds is 5. The summed E-state index contributed by atoms with van der Waals surface area (Å²) in [5.74, 6) is -1.56.